The van der Waals surface area contributed by atoms with Crippen molar-refractivity contribution >= 4 is 17.8 Å². The van der Waals surface area contributed by atoms with Crippen LogP contribution in [0.5, 0.6) is 0 Å². The van der Waals surface area contributed by atoms with Gasteiger partial charge in [0, 0.05) is 11.4 Å². The zero-order valence-corrected chi connectivity index (χ0v) is 13.1. The topological polar surface area (TPSA) is 79.6 Å². The molecular formula is C15H22N5O2+. The van der Waals surface area contributed by atoms with Gasteiger partial charge in [0.15, 0.2) is 6.04 Å². The lowest BCUT2D eigenvalue weighted by molar-refractivity contribution is -0.919. The molecule has 0 unspecified atom stereocenters. The Bertz CT molecular complexity index is 577. The van der Waals surface area contributed by atoms with E-state index in [0.29, 0.717) is 5.95 Å². The second-order valence-electron chi connectivity index (χ2n) is 6.13. The van der Waals surface area contributed by atoms with Gasteiger partial charge in [0.25, 0.3) is 5.91 Å². The first kappa shape index (κ1) is 14.9. The Morgan fingerprint density at radius 1 is 1.14 bits per heavy atom. The van der Waals surface area contributed by atoms with Gasteiger partial charge in [-0.1, -0.05) is 0 Å². The van der Waals surface area contributed by atoms with E-state index in [0.717, 1.165) is 42.3 Å². The lowest BCUT2D eigenvalue weighted by Crippen LogP contribution is -3.17. The second kappa shape index (κ2) is 6.00. The molecule has 2 aliphatic heterocycles. The maximum absolute atomic E-state index is 12.6. The summed E-state index contributed by atoms with van der Waals surface area (Å²) in [7, 11) is 0. The first-order valence-electron chi connectivity index (χ1n) is 7.85. The molecule has 0 aromatic carbocycles. The van der Waals surface area contributed by atoms with Crippen LogP contribution in [-0.4, -0.2) is 45.9 Å². The fourth-order valence-electron chi connectivity index (χ4n) is 3.30. The SMILES string of the molecule is Cc1cc(C)nc(NN2C(=O)C[C@H]([NH+]3CCCCC3)C2=O)n1. The minimum atomic E-state index is -0.258. The number of nitrogens with one attached hydrogen (secondary N) is 2. The molecule has 0 aliphatic carbocycles. The van der Waals surface area contributed by atoms with Gasteiger partial charge in [-0.25, -0.2) is 9.97 Å². The predicted octanol–water partition coefficient (Wildman–Crippen LogP) is -0.383. The van der Waals surface area contributed by atoms with Crippen LogP contribution in [0, 0.1) is 13.8 Å². The molecule has 3 rings (SSSR count). The number of amides is 2. The van der Waals surface area contributed by atoms with Crippen LogP contribution >= 0.6 is 0 Å². The molecule has 1 atom stereocenters. The number of hydrazine groups is 1. The Morgan fingerprint density at radius 2 is 1.77 bits per heavy atom. The first-order chi connectivity index (χ1) is 10.5. The van der Waals surface area contributed by atoms with Crippen LogP contribution in [0.25, 0.3) is 0 Å². The number of nitrogens with zero attached hydrogens (tertiary/aromatic N) is 3. The Balaban J connectivity index is 1.73. The normalized spacial score (nSPS) is 23.2. The highest BCUT2D eigenvalue weighted by molar-refractivity contribution is 6.05. The first-order valence-corrected chi connectivity index (χ1v) is 7.85. The Hall–Kier alpha value is -2.02. The number of quaternary nitrogens is 1. The van der Waals surface area contributed by atoms with Gasteiger partial charge in [-0.15, -0.1) is 0 Å². The van der Waals surface area contributed by atoms with Crippen molar-refractivity contribution in [2.24, 2.45) is 0 Å². The molecule has 2 saturated heterocycles. The Labute approximate surface area is 129 Å². The molecule has 1 aromatic rings. The number of imide groups is 1. The van der Waals surface area contributed by atoms with Crippen LogP contribution in [0.15, 0.2) is 6.07 Å². The highest BCUT2D eigenvalue weighted by Gasteiger charge is 2.45. The summed E-state index contributed by atoms with van der Waals surface area (Å²) in [4.78, 5) is 34.4. The lowest BCUT2D eigenvalue weighted by atomic mass is 10.1. The van der Waals surface area contributed by atoms with Gasteiger partial charge in [0.2, 0.25) is 5.95 Å². The predicted molar refractivity (Wildman–Crippen MR) is 79.9 cm³/mol. The van der Waals surface area contributed by atoms with Crippen molar-refractivity contribution < 1.29 is 14.5 Å². The number of hydrogen-bond donors (Lipinski definition) is 2. The highest BCUT2D eigenvalue weighted by Crippen LogP contribution is 2.14. The van der Waals surface area contributed by atoms with Gasteiger partial charge in [-0.05, 0) is 39.2 Å². The number of hydrogen-bond acceptors (Lipinski definition) is 5. The molecule has 7 heteroatoms. The minimum Gasteiger partial charge on any atom is -0.324 e. The number of aromatic nitrogens is 2. The largest absolute Gasteiger partial charge is 0.324 e. The number of rotatable bonds is 3. The Kier molecular flexibility index (Phi) is 4.06. The van der Waals surface area contributed by atoms with E-state index in [9.17, 15) is 9.59 Å². The van der Waals surface area contributed by atoms with E-state index >= 15 is 0 Å². The Morgan fingerprint density at radius 3 is 2.41 bits per heavy atom. The van der Waals surface area contributed by atoms with Crippen molar-refractivity contribution in [1.82, 2.24) is 15.0 Å². The van der Waals surface area contributed by atoms with Crippen molar-refractivity contribution in [3.05, 3.63) is 17.5 Å². The van der Waals surface area contributed by atoms with E-state index in [4.69, 9.17) is 0 Å². The van der Waals surface area contributed by atoms with Gasteiger partial charge in [-0.2, -0.15) is 5.01 Å². The van der Waals surface area contributed by atoms with Gasteiger partial charge in [0.1, 0.15) is 0 Å². The summed E-state index contributed by atoms with van der Waals surface area (Å²) >= 11 is 0. The number of piperidine rings is 1. The van der Waals surface area contributed by atoms with Crippen molar-refractivity contribution in [2.75, 3.05) is 18.5 Å². The van der Waals surface area contributed by atoms with E-state index in [2.05, 4.69) is 15.4 Å². The quantitative estimate of drug-likeness (QED) is 0.744. The standard InChI is InChI=1S/C15H21N5O2/c1-10-8-11(2)17-15(16-10)18-20-13(21)9-12(14(20)22)19-6-4-3-5-7-19/h8,12H,3-7,9H2,1-2H3,(H,16,17,18)/p+1/t12-/m0/s1. The maximum Gasteiger partial charge on any atom is 0.306 e. The van der Waals surface area contributed by atoms with Crippen molar-refractivity contribution in [3.8, 4) is 0 Å². The molecule has 0 radical (unpaired) electrons. The van der Waals surface area contributed by atoms with Gasteiger partial charge >= 0.3 is 5.91 Å². The van der Waals surface area contributed by atoms with E-state index in [1.54, 1.807) is 0 Å². The van der Waals surface area contributed by atoms with Gasteiger partial charge in [-0.3, -0.25) is 15.0 Å². The molecule has 2 aliphatic rings. The average Bonchev–Trinajstić information content (AvgIpc) is 2.75. The molecule has 22 heavy (non-hydrogen) atoms. The molecule has 1 aromatic heterocycles. The summed E-state index contributed by atoms with van der Waals surface area (Å²) in [5, 5.41) is 1.10. The fraction of sp³-hybridized carbons (Fsp3) is 0.600. The summed E-state index contributed by atoms with van der Waals surface area (Å²) in [6.45, 7) is 5.65. The minimum absolute atomic E-state index is 0.162. The lowest BCUT2D eigenvalue weighted by Gasteiger charge is -2.27. The van der Waals surface area contributed by atoms with Crippen LogP contribution in [0.2, 0.25) is 0 Å². The third-order valence-corrected chi connectivity index (χ3v) is 4.33. The monoisotopic (exact) mass is 304 g/mol. The summed E-state index contributed by atoms with van der Waals surface area (Å²) in [5.74, 6) is -0.0611. The smallest absolute Gasteiger partial charge is 0.306 e. The number of carbonyl (C=O) groups is 2. The van der Waals surface area contributed by atoms with E-state index < -0.39 is 0 Å². The summed E-state index contributed by atoms with van der Waals surface area (Å²) < 4.78 is 0. The molecule has 2 N–H and O–H groups in total. The van der Waals surface area contributed by atoms with Crippen molar-refractivity contribution in [1.29, 1.82) is 0 Å². The van der Waals surface area contributed by atoms with Crippen LogP contribution in [0.1, 0.15) is 37.1 Å². The van der Waals surface area contributed by atoms with Crippen LogP contribution in [0.3, 0.4) is 0 Å². The zero-order chi connectivity index (χ0) is 15.7. The molecule has 2 amide bonds. The number of likely N-dealkylation sites (tertiary alicyclic amines) is 1. The summed E-state index contributed by atoms with van der Waals surface area (Å²) in [5.41, 5.74) is 4.39. The zero-order valence-electron chi connectivity index (χ0n) is 13.1. The average molecular weight is 304 g/mol. The molecule has 0 bridgehead atoms. The number of aryl methyl sites for hydroxylation is 2. The highest BCUT2D eigenvalue weighted by atomic mass is 16.2. The van der Waals surface area contributed by atoms with Crippen LogP contribution < -0.4 is 10.3 Å². The maximum atomic E-state index is 12.6. The van der Waals surface area contributed by atoms with Crippen molar-refractivity contribution in [2.45, 2.75) is 45.6 Å². The molecule has 3 heterocycles. The van der Waals surface area contributed by atoms with Gasteiger partial charge in [0.05, 0.1) is 19.5 Å². The van der Waals surface area contributed by atoms with E-state index in [1.165, 1.54) is 11.3 Å². The molecule has 118 valence electrons. The fourth-order valence-corrected chi connectivity index (χ4v) is 3.30. The summed E-state index contributed by atoms with van der Waals surface area (Å²) in [6, 6.07) is 1.59. The van der Waals surface area contributed by atoms with E-state index in [1.807, 2.05) is 19.9 Å². The summed E-state index contributed by atoms with van der Waals surface area (Å²) in [6.07, 6.45) is 3.74. The third-order valence-electron chi connectivity index (χ3n) is 4.33. The van der Waals surface area contributed by atoms with Gasteiger partial charge < -0.3 is 4.90 Å². The number of carbonyl (C=O) groups excluding carboxylic acids is 2. The molecule has 0 spiro atoms. The van der Waals surface area contributed by atoms with Crippen molar-refractivity contribution in [3.63, 3.8) is 0 Å². The van der Waals surface area contributed by atoms with Crippen LogP contribution in [0.4, 0.5) is 5.95 Å². The molecule has 7 nitrogen and oxygen atoms in total. The molecule has 0 saturated carbocycles. The molecule has 2 fully saturated rings. The van der Waals surface area contributed by atoms with Crippen LogP contribution in [-0.2, 0) is 9.59 Å². The molecular weight excluding hydrogens is 282 g/mol. The second-order valence-corrected chi connectivity index (χ2v) is 6.13. The van der Waals surface area contributed by atoms with E-state index in [-0.39, 0.29) is 24.3 Å². The number of anilines is 1. The third kappa shape index (κ3) is 2.94.